The summed E-state index contributed by atoms with van der Waals surface area (Å²) in [6.07, 6.45) is 3.72. The van der Waals surface area contributed by atoms with Crippen molar-refractivity contribution in [2.75, 3.05) is 19.6 Å². The highest BCUT2D eigenvalue weighted by Crippen LogP contribution is 2.13. The molecule has 0 aromatic heterocycles. The molecule has 1 aromatic rings. The molecular weight excluding hydrogens is 184 g/mol. The molecule has 0 bridgehead atoms. The van der Waals surface area contributed by atoms with Gasteiger partial charge in [-0.25, -0.2) is 0 Å². The van der Waals surface area contributed by atoms with Crippen LogP contribution in [-0.4, -0.2) is 24.5 Å². The third kappa shape index (κ3) is 3.05. The van der Waals surface area contributed by atoms with Crippen molar-refractivity contribution in [2.24, 2.45) is 5.73 Å². The molecule has 2 N–H and O–H groups in total. The van der Waals surface area contributed by atoms with Crippen LogP contribution in [0.3, 0.4) is 0 Å². The first-order chi connectivity index (χ1) is 7.38. The molecule has 0 aliphatic carbocycles. The summed E-state index contributed by atoms with van der Waals surface area (Å²) >= 11 is 0. The van der Waals surface area contributed by atoms with Gasteiger partial charge in [-0.1, -0.05) is 24.3 Å². The summed E-state index contributed by atoms with van der Waals surface area (Å²) in [5.74, 6) is 0. The number of hydrogen-bond acceptors (Lipinski definition) is 2. The van der Waals surface area contributed by atoms with Gasteiger partial charge in [0, 0.05) is 6.54 Å². The lowest BCUT2D eigenvalue weighted by Crippen LogP contribution is -2.18. The largest absolute Gasteiger partial charge is 0.330 e. The molecule has 0 spiro atoms. The monoisotopic (exact) mass is 204 g/mol. The average molecular weight is 204 g/mol. The molecule has 0 saturated carbocycles. The molecule has 0 atom stereocenters. The standard InChI is InChI=1S/C13H20N2/c14-7-6-12-4-3-5-13(10-12)11-15-8-1-2-9-15/h3-5,10H,1-2,6-9,11,14H2. The number of hydrogen-bond donors (Lipinski definition) is 1. The molecule has 1 heterocycles. The Morgan fingerprint density at radius 1 is 1.13 bits per heavy atom. The fourth-order valence-electron chi connectivity index (χ4n) is 2.25. The van der Waals surface area contributed by atoms with Crippen LogP contribution >= 0.6 is 0 Å². The van der Waals surface area contributed by atoms with E-state index in [0.29, 0.717) is 0 Å². The predicted octanol–water partition coefficient (Wildman–Crippen LogP) is 1.78. The minimum absolute atomic E-state index is 0.743. The minimum atomic E-state index is 0.743. The summed E-state index contributed by atoms with van der Waals surface area (Å²) in [6, 6.07) is 8.83. The molecule has 1 aliphatic heterocycles. The van der Waals surface area contributed by atoms with Gasteiger partial charge in [0.05, 0.1) is 0 Å². The third-order valence-electron chi connectivity index (χ3n) is 3.03. The van der Waals surface area contributed by atoms with Crippen LogP contribution in [0.4, 0.5) is 0 Å². The molecule has 2 rings (SSSR count). The van der Waals surface area contributed by atoms with Gasteiger partial charge in [-0.3, -0.25) is 4.90 Å². The molecule has 82 valence electrons. The van der Waals surface area contributed by atoms with Crippen LogP contribution < -0.4 is 5.73 Å². The molecular formula is C13H20N2. The first kappa shape index (κ1) is 10.7. The second-order valence-corrected chi connectivity index (χ2v) is 4.34. The first-order valence-electron chi connectivity index (χ1n) is 5.89. The van der Waals surface area contributed by atoms with Gasteiger partial charge >= 0.3 is 0 Å². The SMILES string of the molecule is NCCc1cccc(CN2CCCC2)c1. The third-order valence-corrected chi connectivity index (χ3v) is 3.03. The molecule has 1 aromatic carbocycles. The van der Waals surface area contributed by atoms with Crippen molar-refractivity contribution < 1.29 is 0 Å². The van der Waals surface area contributed by atoms with E-state index in [9.17, 15) is 0 Å². The van der Waals surface area contributed by atoms with Gasteiger partial charge < -0.3 is 5.73 Å². The molecule has 0 amide bonds. The second-order valence-electron chi connectivity index (χ2n) is 4.34. The smallest absolute Gasteiger partial charge is 0.0233 e. The lowest BCUT2D eigenvalue weighted by molar-refractivity contribution is 0.331. The highest BCUT2D eigenvalue weighted by Gasteiger charge is 2.11. The van der Waals surface area contributed by atoms with Crippen molar-refractivity contribution in [3.05, 3.63) is 35.4 Å². The van der Waals surface area contributed by atoms with E-state index >= 15 is 0 Å². The maximum Gasteiger partial charge on any atom is 0.0233 e. The number of nitrogens with zero attached hydrogens (tertiary/aromatic N) is 1. The lowest BCUT2D eigenvalue weighted by atomic mass is 10.1. The quantitative estimate of drug-likeness (QED) is 0.810. The highest BCUT2D eigenvalue weighted by molar-refractivity contribution is 5.23. The second kappa shape index (κ2) is 5.29. The number of rotatable bonds is 4. The fourth-order valence-corrected chi connectivity index (χ4v) is 2.25. The van der Waals surface area contributed by atoms with E-state index in [-0.39, 0.29) is 0 Å². The highest BCUT2D eigenvalue weighted by atomic mass is 15.1. The zero-order chi connectivity index (χ0) is 10.5. The van der Waals surface area contributed by atoms with Gasteiger partial charge in [0.2, 0.25) is 0 Å². The maximum absolute atomic E-state index is 5.56. The normalized spacial score (nSPS) is 17.1. The van der Waals surface area contributed by atoms with E-state index in [2.05, 4.69) is 29.2 Å². The van der Waals surface area contributed by atoms with E-state index in [4.69, 9.17) is 5.73 Å². The van der Waals surface area contributed by atoms with E-state index in [1.807, 2.05) is 0 Å². The predicted molar refractivity (Wildman–Crippen MR) is 63.7 cm³/mol. The van der Waals surface area contributed by atoms with Gasteiger partial charge in [-0.15, -0.1) is 0 Å². The molecule has 15 heavy (non-hydrogen) atoms. The van der Waals surface area contributed by atoms with E-state index in [1.54, 1.807) is 0 Å². The Hall–Kier alpha value is -0.860. The molecule has 1 saturated heterocycles. The summed E-state index contributed by atoms with van der Waals surface area (Å²) in [5, 5.41) is 0. The number of benzene rings is 1. The Balaban J connectivity index is 1.97. The van der Waals surface area contributed by atoms with Crippen molar-refractivity contribution >= 4 is 0 Å². The molecule has 2 nitrogen and oxygen atoms in total. The molecule has 1 aliphatic rings. The van der Waals surface area contributed by atoms with Crippen LogP contribution in [0.5, 0.6) is 0 Å². The van der Waals surface area contributed by atoms with Gasteiger partial charge in [0.15, 0.2) is 0 Å². The summed E-state index contributed by atoms with van der Waals surface area (Å²) in [5.41, 5.74) is 8.37. The number of nitrogens with two attached hydrogens (primary N) is 1. The van der Waals surface area contributed by atoms with Crippen molar-refractivity contribution in [3.8, 4) is 0 Å². The summed E-state index contributed by atoms with van der Waals surface area (Å²) in [6.45, 7) is 4.38. The van der Waals surface area contributed by atoms with E-state index in [0.717, 1.165) is 19.5 Å². The Labute approximate surface area is 92.1 Å². The average Bonchev–Trinajstić information content (AvgIpc) is 2.71. The molecule has 0 unspecified atom stereocenters. The fraction of sp³-hybridized carbons (Fsp3) is 0.538. The van der Waals surface area contributed by atoms with Crippen LogP contribution in [0.2, 0.25) is 0 Å². The maximum atomic E-state index is 5.56. The van der Waals surface area contributed by atoms with Crippen LogP contribution in [0, 0.1) is 0 Å². The number of likely N-dealkylation sites (tertiary alicyclic amines) is 1. The van der Waals surface area contributed by atoms with Crippen molar-refractivity contribution in [1.29, 1.82) is 0 Å². The Bertz CT molecular complexity index is 303. The van der Waals surface area contributed by atoms with Gasteiger partial charge in [0.1, 0.15) is 0 Å². The van der Waals surface area contributed by atoms with Crippen molar-refractivity contribution in [3.63, 3.8) is 0 Å². The molecule has 1 fully saturated rings. The molecule has 2 heteroatoms. The van der Waals surface area contributed by atoms with Gasteiger partial charge in [-0.2, -0.15) is 0 Å². The van der Waals surface area contributed by atoms with Crippen LogP contribution in [-0.2, 0) is 13.0 Å². The van der Waals surface area contributed by atoms with Crippen molar-refractivity contribution in [1.82, 2.24) is 4.90 Å². The van der Waals surface area contributed by atoms with Crippen molar-refractivity contribution in [2.45, 2.75) is 25.8 Å². The Morgan fingerprint density at radius 3 is 2.60 bits per heavy atom. The van der Waals surface area contributed by atoms with Gasteiger partial charge in [0.25, 0.3) is 0 Å². The zero-order valence-corrected chi connectivity index (χ0v) is 9.28. The van der Waals surface area contributed by atoms with Gasteiger partial charge in [-0.05, 0) is 50.0 Å². The first-order valence-corrected chi connectivity index (χ1v) is 5.89. The Morgan fingerprint density at radius 2 is 1.87 bits per heavy atom. The summed E-state index contributed by atoms with van der Waals surface area (Å²) < 4.78 is 0. The summed E-state index contributed by atoms with van der Waals surface area (Å²) in [4.78, 5) is 2.53. The molecule has 0 radical (unpaired) electrons. The topological polar surface area (TPSA) is 29.3 Å². The minimum Gasteiger partial charge on any atom is -0.330 e. The zero-order valence-electron chi connectivity index (χ0n) is 9.28. The van der Waals surface area contributed by atoms with Crippen LogP contribution in [0.1, 0.15) is 24.0 Å². The van der Waals surface area contributed by atoms with Crippen LogP contribution in [0.25, 0.3) is 0 Å². The van der Waals surface area contributed by atoms with Crippen LogP contribution in [0.15, 0.2) is 24.3 Å². The summed E-state index contributed by atoms with van der Waals surface area (Å²) in [7, 11) is 0. The Kier molecular flexibility index (Phi) is 3.75. The van der Waals surface area contributed by atoms with E-state index in [1.165, 1.54) is 37.1 Å². The lowest BCUT2D eigenvalue weighted by Gasteiger charge is -2.15. The van der Waals surface area contributed by atoms with E-state index < -0.39 is 0 Å².